The lowest BCUT2D eigenvalue weighted by atomic mass is 9.85. The highest BCUT2D eigenvalue weighted by atomic mass is 35.5. The van der Waals surface area contributed by atoms with Crippen molar-refractivity contribution in [2.45, 2.75) is 75.9 Å². The van der Waals surface area contributed by atoms with E-state index < -0.39 is 15.8 Å². The Bertz CT molecular complexity index is 1080. The largest absolute Gasteiger partial charge is 0.379 e. The molecule has 1 N–H and O–H groups in total. The molecular formula is C28H41ClFN3O4S. The van der Waals surface area contributed by atoms with Crippen LogP contribution in [0, 0.1) is 17.7 Å². The number of hydrogen-bond acceptors (Lipinski definition) is 6. The molecular weight excluding hydrogens is 529 g/mol. The average molecular weight is 570 g/mol. The van der Waals surface area contributed by atoms with Crippen LogP contribution >= 0.6 is 11.6 Å². The Hall–Kier alpha value is -1.10. The second-order valence-electron chi connectivity index (χ2n) is 11.6. The van der Waals surface area contributed by atoms with Gasteiger partial charge in [0.25, 0.3) is 0 Å². The number of ether oxygens (including phenoxy) is 1. The van der Waals surface area contributed by atoms with Crippen molar-refractivity contribution < 1.29 is 22.3 Å². The Morgan fingerprint density at radius 2 is 1.92 bits per heavy atom. The number of morpholine rings is 1. The predicted molar refractivity (Wildman–Crippen MR) is 146 cm³/mol. The molecule has 212 valence electrons. The van der Waals surface area contributed by atoms with E-state index in [4.69, 9.17) is 16.3 Å². The first-order valence-corrected chi connectivity index (χ1v) is 16.3. The molecule has 3 aliphatic heterocycles. The van der Waals surface area contributed by atoms with Gasteiger partial charge in [0.2, 0.25) is 10.0 Å². The second-order valence-corrected chi connectivity index (χ2v) is 14.0. The molecule has 0 radical (unpaired) electrons. The Balaban J connectivity index is 1.20. The second kappa shape index (κ2) is 12.6. The van der Waals surface area contributed by atoms with E-state index >= 15 is 0 Å². The van der Waals surface area contributed by atoms with Crippen molar-refractivity contribution >= 4 is 27.4 Å². The molecule has 38 heavy (non-hydrogen) atoms. The lowest BCUT2D eigenvalue weighted by molar-refractivity contribution is -0.122. The number of Topliss-reactive ketones (excluding diaryl/α,β-unsaturated/α-hetero) is 1. The fourth-order valence-electron chi connectivity index (χ4n) is 7.07. The summed E-state index contributed by atoms with van der Waals surface area (Å²) in [7, 11) is -3.18. The van der Waals surface area contributed by atoms with Crippen LogP contribution in [-0.2, 0) is 19.6 Å². The van der Waals surface area contributed by atoms with Crippen molar-refractivity contribution in [2.24, 2.45) is 11.8 Å². The van der Waals surface area contributed by atoms with Crippen LogP contribution < -0.4 is 5.32 Å². The molecule has 1 unspecified atom stereocenters. The van der Waals surface area contributed by atoms with Crippen LogP contribution in [0.3, 0.4) is 0 Å². The minimum absolute atomic E-state index is 0.0109. The van der Waals surface area contributed by atoms with Crippen LogP contribution in [0.25, 0.3) is 0 Å². The molecule has 3 heterocycles. The maximum Gasteiger partial charge on any atom is 0.214 e. The summed E-state index contributed by atoms with van der Waals surface area (Å²) in [5.41, 5.74) is 0.784. The van der Waals surface area contributed by atoms with Gasteiger partial charge in [-0.2, -0.15) is 4.31 Å². The summed E-state index contributed by atoms with van der Waals surface area (Å²) in [6.45, 7) is 3.95. The fraction of sp³-hybridized carbons (Fsp3) is 0.750. The smallest absolute Gasteiger partial charge is 0.214 e. The summed E-state index contributed by atoms with van der Waals surface area (Å²) in [4.78, 5) is 15.6. The monoisotopic (exact) mass is 569 g/mol. The minimum Gasteiger partial charge on any atom is -0.379 e. The number of halogens is 2. The van der Waals surface area contributed by atoms with Gasteiger partial charge in [-0.25, -0.2) is 12.8 Å². The molecule has 1 aromatic rings. The van der Waals surface area contributed by atoms with Gasteiger partial charge in [-0.1, -0.05) is 30.5 Å². The number of sulfonamides is 1. The summed E-state index contributed by atoms with van der Waals surface area (Å²) in [6, 6.07) is 4.97. The highest BCUT2D eigenvalue weighted by molar-refractivity contribution is 7.89. The van der Waals surface area contributed by atoms with E-state index in [1.54, 1.807) is 10.4 Å². The van der Waals surface area contributed by atoms with Crippen LogP contribution in [0.2, 0.25) is 5.02 Å². The van der Waals surface area contributed by atoms with E-state index in [2.05, 4.69) is 10.2 Å². The van der Waals surface area contributed by atoms with Gasteiger partial charge in [-0.05, 0) is 61.6 Å². The SMILES string of the molecule is O=C(C[C@H]1CCC[C@@H]1CC[C@H]1CN[C@@H]2CCCS(=O)(=O)N1C2)C[C@@H](c1ccc(Cl)c(F)c1)N1CCOCC1. The Labute approximate surface area is 231 Å². The normalized spacial score (nSPS) is 32.5. The number of fused-ring (bicyclic) bond motifs is 2. The number of nitrogens with zero attached hydrogens (tertiary/aromatic N) is 2. The summed E-state index contributed by atoms with van der Waals surface area (Å²) >= 11 is 5.93. The van der Waals surface area contributed by atoms with E-state index in [0.717, 1.165) is 57.1 Å². The molecule has 4 fully saturated rings. The number of benzene rings is 1. The van der Waals surface area contributed by atoms with Crippen LogP contribution in [0.5, 0.6) is 0 Å². The molecule has 3 saturated heterocycles. The zero-order valence-electron chi connectivity index (χ0n) is 22.1. The average Bonchev–Trinajstić information content (AvgIpc) is 3.30. The van der Waals surface area contributed by atoms with Crippen molar-refractivity contribution in [1.82, 2.24) is 14.5 Å². The third kappa shape index (κ3) is 6.78. The Morgan fingerprint density at radius 3 is 2.71 bits per heavy atom. The number of hydrogen-bond donors (Lipinski definition) is 1. The summed E-state index contributed by atoms with van der Waals surface area (Å²) in [5, 5.41) is 3.65. The quantitative estimate of drug-likeness (QED) is 0.481. The number of carbonyl (C=O) groups is 1. The van der Waals surface area contributed by atoms with Gasteiger partial charge in [0.05, 0.1) is 24.0 Å². The third-order valence-electron chi connectivity index (χ3n) is 9.17. The molecule has 7 nitrogen and oxygen atoms in total. The van der Waals surface area contributed by atoms with E-state index in [-0.39, 0.29) is 34.7 Å². The zero-order valence-corrected chi connectivity index (χ0v) is 23.7. The molecule has 2 bridgehead atoms. The Kier molecular flexibility index (Phi) is 9.43. The molecule has 0 amide bonds. The van der Waals surface area contributed by atoms with Crippen molar-refractivity contribution in [3.05, 3.63) is 34.6 Å². The topological polar surface area (TPSA) is 79.0 Å². The van der Waals surface area contributed by atoms with Gasteiger partial charge >= 0.3 is 0 Å². The summed E-state index contributed by atoms with van der Waals surface area (Å²) < 4.78 is 47.2. The van der Waals surface area contributed by atoms with Crippen LogP contribution in [0.4, 0.5) is 4.39 Å². The van der Waals surface area contributed by atoms with Gasteiger partial charge in [-0.3, -0.25) is 9.69 Å². The lowest BCUT2D eigenvalue weighted by Crippen LogP contribution is -2.57. The third-order valence-corrected chi connectivity index (χ3v) is 11.4. The minimum atomic E-state index is -3.18. The van der Waals surface area contributed by atoms with Gasteiger partial charge < -0.3 is 10.1 Å². The molecule has 1 aromatic carbocycles. The van der Waals surface area contributed by atoms with Crippen molar-refractivity contribution in [3.8, 4) is 0 Å². The predicted octanol–water partition coefficient (Wildman–Crippen LogP) is 4.16. The van der Waals surface area contributed by atoms with Crippen molar-refractivity contribution in [1.29, 1.82) is 0 Å². The van der Waals surface area contributed by atoms with E-state index in [1.807, 2.05) is 6.07 Å². The maximum atomic E-state index is 14.3. The number of piperazine rings is 1. The highest BCUT2D eigenvalue weighted by Crippen LogP contribution is 2.39. The van der Waals surface area contributed by atoms with Crippen LogP contribution in [-0.4, -0.2) is 80.6 Å². The zero-order chi connectivity index (χ0) is 26.7. The van der Waals surface area contributed by atoms with E-state index in [0.29, 0.717) is 57.5 Å². The molecule has 5 rings (SSSR count). The number of nitrogens with one attached hydrogen (secondary N) is 1. The standard InChI is InChI=1S/C28H41ClFN3O4S/c29-26-9-7-22(16-27(26)30)28(32-10-12-37-13-11-32)17-25(34)15-21-4-1-3-20(21)6-8-24-18-31-23-5-2-14-38(35,36)33(24)19-23/h7,9,16,20-21,23-24,28,31H,1-6,8,10-15,17-19H2/t20-,21-,23-,24+,28+/m1/s1. The molecule has 1 aliphatic carbocycles. The first kappa shape index (κ1) is 28.4. The maximum absolute atomic E-state index is 14.3. The fourth-order valence-corrected chi connectivity index (χ4v) is 9.00. The lowest BCUT2D eigenvalue weighted by Gasteiger charge is -2.38. The first-order valence-electron chi connectivity index (χ1n) is 14.3. The molecule has 10 heteroatoms. The molecule has 0 spiro atoms. The van der Waals surface area contributed by atoms with Gasteiger partial charge in [0, 0.05) is 57.1 Å². The summed E-state index contributed by atoms with van der Waals surface area (Å²) in [5.74, 6) is 0.789. The first-order chi connectivity index (χ1) is 18.3. The van der Waals surface area contributed by atoms with Crippen molar-refractivity contribution in [3.63, 3.8) is 0 Å². The van der Waals surface area contributed by atoms with Crippen LogP contribution in [0.1, 0.15) is 69.4 Å². The van der Waals surface area contributed by atoms with E-state index in [9.17, 15) is 17.6 Å². The van der Waals surface area contributed by atoms with Gasteiger partial charge in [-0.15, -0.1) is 0 Å². The number of ketones is 1. The highest BCUT2D eigenvalue weighted by Gasteiger charge is 2.39. The molecule has 4 aliphatic rings. The van der Waals surface area contributed by atoms with Gasteiger partial charge in [0.15, 0.2) is 0 Å². The molecule has 1 saturated carbocycles. The van der Waals surface area contributed by atoms with Gasteiger partial charge in [0.1, 0.15) is 11.6 Å². The van der Waals surface area contributed by atoms with Crippen LogP contribution in [0.15, 0.2) is 18.2 Å². The Morgan fingerprint density at radius 1 is 1.13 bits per heavy atom. The molecule has 6 atom stereocenters. The number of carbonyl (C=O) groups excluding carboxylic acids is 1. The number of rotatable bonds is 9. The van der Waals surface area contributed by atoms with E-state index in [1.165, 1.54) is 6.07 Å². The summed E-state index contributed by atoms with van der Waals surface area (Å²) in [6.07, 6.45) is 7.59. The van der Waals surface area contributed by atoms with Crippen molar-refractivity contribution in [2.75, 3.05) is 45.1 Å². The molecule has 0 aromatic heterocycles.